The molecule has 0 aliphatic carbocycles. The Kier molecular flexibility index (Phi) is 2.73. The van der Waals surface area contributed by atoms with E-state index < -0.39 is 0 Å². The van der Waals surface area contributed by atoms with E-state index >= 15 is 0 Å². The molecule has 0 amide bonds. The Balaban J connectivity index is 2.06. The Morgan fingerprint density at radius 3 is 2.93 bits per heavy atom. The minimum absolute atomic E-state index is 0.808. The molecule has 2 aromatic rings. The second kappa shape index (κ2) is 4.36. The molecule has 0 aromatic carbocycles. The van der Waals surface area contributed by atoms with E-state index in [1.54, 1.807) is 12.5 Å². The van der Waals surface area contributed by atoms with E-state index in [4.69, 9.17) is 4.42 Å². The molecule has 15 heavy (non-hydrogen) atoms. The fraction of sp³-hybridized carbons (Fsp3) is 0.100. The van der Waals surface area contributed by atoms with Gasteiger partial charge in [-0.05, 0) is 30.7 Å². The molecule has 5 heteroatoms. The molecule has 0 bridgehead atoms. The van der Waals surface area contributed by atoms with Gasteiger partial charge < -0.3 is 4.42 Å². The van der Waals surface area contributed by atoms with Crippen LogP contribution in [0.1, 0.15) is 12.7 Å². The van der Waals surface area contributed by atoms with Crippen LogP contribution in [0, 0.1) is 0 Å². The third-order valence-electron chi connectivity index (χ3n) is 1.71. The summed E-state index contributed by atoms with van der Waals surface area (Å²) in [5, 5.41) is 11.4. The minimum atomic E-state index is 0.808. The topological polar surface area (TPSA) is 56.2 Å². The quantitative estimate of drug-likeness (QED) is 0.713. The Labute approximate surface area is 86.7 Å². The van der Waals surface area contributed by atoms with Crippen molar-refractivity contribution in [2.75, 3.05) is 0 Å². The van der Waals surface area contributed by atoms with Crippen LogP contribution in [0.2, 0.25) is 0 Å². The molecule has 0 aliphatic heterocycles. The second-order valence-corrected chi connectivity index (χ2v) is 2.99. The van der Waals surface area contributed by atoms with Crippen LogP contribution in [-0.4, -0.2) is 21.1 Å². The fourth-order valence-corrected chi connectivity index (χ4v) is 1.05. The van der Waals surface area contributed by atoms with Crippen LogP contribution in [0.4, 0.5) is 0 Å². The average Bonchev–Trinajstić information content (AvgIpc) is 2.86. The summed E-state index contributed by atoms with van der Waals surface area (Å²) in [7, 11) is 0. The van der Waals surface area contributed by atoms with E-state index in [2.05, 4.69) is 15.3 Å². The van der Waals surface area contributed by atoms with Gasteiger partial charge in [-0.25, -0.2) is 4.68 Å². The van der Waals surface area contributed by atoms with Crippen molar-refractivity contribution in [2.24, 2.45) is 5.10 Å². The van der Waals surface area contributed by atoms with Crippen LogP contribution in [0.15, 0.2) is 46.1 Å². The molecule has 2 rings (SSSR count). The van der Waals surface area contributed by atoms with Crippen molar-refractivity contribution in [3.05, 3.63) is 42.4 Å². The molecule has 0 atom stereocenters. The van der Waals surface area contributed by atoms with Gasteiger partial charge in [0.15, 0.2) is 0 Å². The van der Waals surface area contributed by atoms with Crippen LogP contribution >= 0.6 is 0 Å². The van der Waals surface area contributed by atoms with Gasteiger partial charge in [0.2, 0.25) is 0 Å². The Morgan fingerprint density at radius 2 is 2.27 bits per heavy atom. The molecule has 2 aromatic heterocycles. The summed E-state index contributed by atoms with van der Waals surface area (Å²) in [4.78, 5) is 0. The van der Waals surface area contributed by atoms with Gasteiger partial charge in [0, 0.05) is 0 Å². The van der Waals surface area contributed by atoms with E-state index in [-0.39, 0.29) is 0 Å². The summed E-state index contributed by atoms with van der Waals surface area (Å²) in [6.45, 7) is 1.94. The fourth-order valence-electron chi connectivity index (χ4n) is 1.05. The molecule has 76 valence electrons. The maximum Gasteiger partial charge on any atom is 0.141 e. The average molecular weight is 202 g/mol. The SMILES string of the molecule is C/C(C=Nn1cnnc1)=C\c1ccco1. The highest BCUT2D eigenvalue weighted by Crippen LogP contribution is 2.05. The van der Waals surface area contributed by atoms with Crippen molar-refractivity contribution in [3.63, 3.8) is 0 Å². The molecule has 0 saturated heterocycles. The highest BCUT2D eigenvalue weighted by atomic mass is 16.3. The minimum Gasteiger partial charge on any atom is -0.465 e. The summed E-state index contributed by atoms with van der Waals surface area (Å²) < 4.78 is 6.70. The van der Waals surface area contributed by atoms with Gasteiger partial charge in [0.1, 0.15) is 18.4 Å². The van der Waals surface area contributed by atoms with E-state index in [1.165, 1.54) is 17.3 Å². The molecule has 0 spiro atoms. The predicted molar refractivity (Wildman–Crippen MR) is 56.3 cm³/mol. The number of furan rings is 1. The molecule has 0 unspecified atom stereocenters. The highest BCUT2D eigenvalue weighted by molar-refractivity contribution is 5.83. The zero-order chi connectivity index (χ0) is 10.5. The summed E-state index contributed by atoms with van der Waals surface area (Å²) in [5.74, 6) is 0.808. The van der Waals surface area contributed by atoms with Crippen LogP contribution in [0.25, 0.3) is 6.08 Å². The highest BCUT2D eigenvalue weighted by Gasteiger charge is 1.90. The molecule has 2 heterocycles. The zero-order valence-corrected chi connectivity index (χ0v) is 8.24. The van der Waals surface area contributed by atoms with Crippen LogP contribution in [-0.2, 0) is 0 Å². The number of allylic oxidation sites excluding steroid dienone is 1. The first kappa shape index (κ1) is 9.39. The van der Waals surface area contributed by atoms with Crippen molar-refractivity contribution in [1.82, 2.24) is 14.9 Å². The van der Waals surface area contributed by atoms with Crippen molar-refractivity contribution in [3.8, 4) is 0 Å². The molecular formula is C10H10N4O. The van der Waals surface area contributed by atoms with Gasteiger partial charge in [-0.15, -0.1) is 10.2 Å². The summed E-state index contributed by atoms with van der Waals surface area (Å²) in [5.41, 5.74) is 0.985. The monoisotopic (exact) mass is 202 g/mol. The van der Waals surface area contributed by atoms with E-state index in [1.807, 2.05) is 25.1 Å². The van der Waals surface area contributed by atoms with Gasteiger partial charge in [-0.3, -0.25) is 0 Å². The Morgan fingerprint density at radius 1 is 1.47 bits per heavy atom. The molecular weight excluding hydrogens is 192 g/mol. The van der Waals surface area contributed by atoms with Crippen molar-refractivity contribution in [2.45, 2.75) is 6.92 Å². The number of aromatic nitrogens is 3. The molecule has 0 fully saturated rings. The van der Waals surface area contributed by atoms with Crippen molar-refractivity contribution >= 4 is 12.3 Å². The largest absolute Gasteiger partial charge is 0.465 e. The van der Waals surface area contributed by atoms with Crippen molar-refractivity contribution < 1.29 is 4.42 Å². The van der Waals surface area contributed by atoms with Gasteiger partial charge in [-0.1, -0.05) is 0 Å². The van der Waals surface area contributed by atoms with Crippen LogP contribution in [0.5, 0.6) is 0 Å². The standard InChI is InChI=1S/C10H10N4O/c1-9(5-10-3-2-4-15-10)6-13-14-7-11-12-8-14/h2-8H,1H3/b9-5+,13-6?. The van der Waals surface area contributed by atoms with Crippen LogP contribution in [0.3, 0.4) is 0 Å². The molecule has 0 saturated carbocycles. The van der Waals surface area contributed by atoms with E-state index in [9.17, 15) is 0 Å². The molecule has 5 nitrogen and oxygen atoms in total. The third kappa shape index (κ3) is 2.63. The lowest BCUT2D eigenvalue weighted by atomic mass is 10.3. The Bertz CT molecular complexity index is 454. The normalized spacial score (nSPS) is 12.5. The van der Waals surface area contributed by atoms with Crippen LogP contribution < -0.4 is 0 Å². The molecule has 0 radical (unpaired) electrons. The van der Waals surface area contributed by atoms with E-state index in [0.29, 0.717) is 0 Å². The molecule has 0 aliphatic rings. The van der Waals surface area contributed by atoms with Gasteiger partial charge in [0.05, 0.1) is 12.5 Å². The molecule has 0 N–H and O–H groups in total. The number of nitrogens with zero attached hydrogens (tertiary/aromatic N) is 4. The zero-order valence-electron chi connectivity index (χ0n) is 8.24. The maximum atomic E-state index is 5.17. The number of hydrogen-bond donors (Lipinski definition) is 0. The summed E-state index contributed by atoms with van der Waals surface area (Å²) >= 11 is 0. The lowest BCUT2D eigenvalue weighted by Crippen LogP contribution is -1.85. The van der Waals surface area contributed by atoms with Crippen molar-refractivity contribution in [1.29, 1.82) is 0 Å². The van der Waals surface area contributed by atoms with Gasteiger partial charge in [-0.2, -0.15) is 5.10 Å². The van der Waals surface area contributed by atoms with E-state index in [0.717, 1.165) is 11.3 Å². The summed E-state index contributed by atoms with van der Waals surface area (Å²) in [6, 6.07) is 3.73. The first-order valence-corrected chi connectivity index (χ1v) is 4.45. The smallest absolute Gasteiger partial charge is 0.141 e. The number of hydrogen-bond acceptors (Lipinski definition) is 4. The lowest BCUT2D eigenvalue weighted by molar-refractivity contribution is 0.557. The first-order chi connectivity index (χ1) is 7.34. The Hall–Kier alpha value is -2.17. The first-order valence-electron chi connectivity index (χ1n) is 4.45. The predicted octanol–water partition coefficient (Wildman–Crippen LogP) is 1.81. The third-order valence-corrected chi connectivity index (χ3v) is 1.71. The second-order valence-electron chi connectivity index (χ2n) is 2.99. The lowest BCUT2D eigenvalue weighted by Gasteiger charge is -1.90. The van der Waals surface area contributed by atoms with Gasteiger partial charge in [0.25, 0.3) is 0 Å². The summed E-state index contributed by atoms with van der Waals surface area (Å²) in [6.07, 6.45) is 8.29. The maximum absolute atomic E-state index is 5.17. The van der Waals surface area contributed by atoms with Gasteiger partial charge >= 0.3 is 0 Å². The number of rotatable bonds is 3.